The molecule has 2 N–H and O–H groups in total. The van der Waals surface area contributed by atoms with Gasteiger partial charge in [0.05, 0.1) is 6.54 Å². The molecule has 0 aromatic carbocycles. The second-order valence-electron chi connectivity index (χ2n) is 7.12. The Morgan fingerprint density at radius 2 is 1.86 bits per heavy atom. The maximum absolute atomic E-state index is 12.6. The molecular formula is C18H23F3N6O. The molecule has 0 atom stereocenters. The quantitative estimate of drug-likeness (QED) is 0.811. The second-order valence-corrected chi connectivity index (χ2v) is 7.12. The highest BCUT2D eigenvalue weighted by atomic mass is 19.4. The monoisotopic (exact) mass is 396 g/mol. The number of aromatic nitrogens is 4. The van der Waals surface area contributed by atoms with Gasteiger partial charge in [0.1, 0.15) is 12.0 Å². The van der Waals surface area contributed by atoms with Crippen LogP contribution in [0.2, 0.25) is 0 Å². The van der Waals surface area contributed by atoms with Crippen LogP contribution in [0, 0.1) is 13.8 Å². The molecule has 2 aromatic rings. The lowest BCUT2D eigenvalue weighted by atomic mass is 9.91. The van der Waals surface area contributed by atoms with E-state index in [0.29, 0.717) is 37.3 Å². The van der Waals surface area contributed by atoms with Gasteiger partial charge in [-0.2, -0.15) is 13.2 Å². The number of nitrogens with one attached hydrogen (secondary N) is 2. The molecule has 152 valence electrons. The zero-order valence-corrected chi connectivity index (χ0v) is 15.8. The van der Waals surface area contributed by atoms with Crippen molar-refractivity contribution in [2.45, 2.75) is 57.8 Å². The summed E-state index contributed by atoms with van der Waals surface area (Å²) in [6.45, 7) is 2.67. The number of hydrogen-bond acceptors (Lipinski definition) is 5. The largest absolute Gasteiger partial charge is 0.401 e. The first-order valence-corrected chi connectivity index (χ1v) is 9.17. The SMILES string of the molecule is Cc1cc(C(=O)NC2CCC(NCC(F)(F)F)CC2)nc(-n2cncc2C)n1. The predicted octanol–water partition coefficient (Wildman–Crippen LogP) is 2.47. The number of carbonyl (C=O) groups excluding carboxylic acids is 1. The summed E-state index contributed by atoms with van der Waals surface area (Å²) < 4.78 is 38.6. The maximum atomic E-state index is 12.6. The molecule has 1 fully saturated rings. The number of amides is 1. The minimum absolute atomic E-state index is 0.0786. The van der Waals surface area contributed by atoms with Gasteiger partial charge in [-0.1, -0.05) is 0 Å². The average Bonchev–Trinajstić information content (AvgIpc) is 3.06. The van der Waals surface area contributed by atoms with Crippen LogP contribution in [0.3, 0.4) is 0 Å². The van der Waals surface area contributed by atoms with Crippen molar-refractivity contribution in [3.05, 3.63) is 35.7 Å². The van der Waals surface area contributed by atoms with E-state index in [4.69, 9.17) is 0 Å². The normalized spacial score (nSPS) is 20.2. The molecule has 1 amide bonds. The summed E-state index contributed by atoms with van der Waals surface area (Å²) in [5, 5.41) is 5.47. The van der Waals surface area contributed by atoms with Crippen LogP contribution in [0.5, 0.6) is 0 Å². The minimum Gasteiger partial charge on any atom is -0.348 e. The molecule has 0 unspecified atom stereocenters. The van der Waals surface area contributed by atoms with Gasteiger partial charge in [0.25, 0.3) is 5.91 Å². The van der Waals surface area contributed by atoms with E-state index in [2.05, 4.69) is 25.6 Å². The smallest absolute Gasteiger partial charge is 0.348 e. The molecule has 2 aromatic heterocycles. The van der Waals surface area contributed by atoms with Crippen LogP contribution < -0.4 is 10.6 Å². The number of halogens is 3. The van der Waals surface area contributed by atoms with Crippen molar-refractivity contribution in [2.24, 2.45) is 0 Å². The van der Waals surface area contributed by atoms with Crippen molar-refractivity contribution in [3.8, 4) is 5.95 Å². The molecule has 7 nitrogen and oxygen atoms in total. The topological polar surface area (TPSA) is 84.7 Å². The van der Waals surface area contributed by atoms with E-state index in [1.54, 1.807) is 30.1 Å². The second kappa shape index (κ2) is 8.26. The Morgan fingerprint density at radius 1 is 1.18 bits per heavy atom. The van der Waals surface area contributed by atoms with Gasteiger partial charge < -0.3 is 10.6 Å². The van der Waals surface area contributed by atoms with E-state index in [0.717, 1.165) is 5.69 Å². The molecule has 28 heavy (non-hydrogen) atoms. The highest BCUT2D eigenvalue weighted by Gasteiger charge is 2.30. The Hall–Kier alpha value is -2.49. The maximum Gasteiger partial charge on any atom is 0.401 e. The third-order valence-corrected chi connectivity index (χ3v) is 4.77. The molecule has 2 heterocycles. The van der Waals surface area contributed by atoms with E-state index >= 15 is 0 Å². The Bertz CT molecular complexity index is 827. The van der Waals surface area contributed by atoms with E-state index in [1.807, 2.05) is 6.92 Å². The first-order chi connectivity index (χ1) is 13.2. The predicted molar refractivity (Wildman–Crippen MR) is 96.2 cm³/mol. The molecule has 10 heteroatoms. The zero-order chi connectivity index (χ0) is 20.3. The first kappa shape index (κ1) is 20.2. The highest BCUT2D eigenvalue weighted by molar-refractivity contribution is 5.92. The van der Waals surface area contributed by atoms with Crippen molar-refractivity contribution in [1.29, 1.82) is 0 Å². The number of rotatable bonds is 5. The van der Waals surface area contributed by atoms with Crippen molar-refractivity contribution in [1.82, 2.24) is 30.2 Å². The Labute approximate surface area is 160 Å². The average molecular weight is 396 g/mol. The van der Waals surface area contributed by atoms with E-state index in [1.165, 1.54) is 0 Å². The Kier molecular flexibility index (Phi) is 5.97. The number of nitrogens with zero attached hydrogens (tertiary/aromatic N) is 4. The lowest BCUT2D eigenvalue weighted by molar-refractivity contribution is -0.126. The third kappa shape index (κ3) is 5.28. The fraction of sp³-hybridized carbons (Fsp3) is 0.556. The van der Waals surface area contributed by atoms with Crippen LogP contribution in [0.4, 0.5) is 13.2 Å². The molecule has 0 spiro atoms. The van der Waals surface area contributed by atoms with Crippen molar-refractivity contribution >= 4 is 5.91 Å². The highest BCUT2D eigenvalue weighted by Crippen LogP contribution is 2.21. The zero-order valence-electron chi connectivity index (χ0n) is 15.8. The first-order valence-electron chi connectivity index (χ1n) is 9.17. The van der Waals surface area contributed by atoms with Gasteiger partial charge in [0.2, 0.25) is 5.95 Å². The summed E-state index contributed by atoms with van der Waals surface area (Å²) in [7, 11) is 0. The van der Waals surface area contributed by atoms with Gasteiger partial charge in [-0.15, -0.1) is 0 Å². The van der Waals surface area contributed by atoms with Gasteiger partial charge in [-0.05, 0) is 45.6 Å². The standard InChI is InChI=1S/C18H23F3N6O/c1-11-7-15(26-17(24-11)27-10-22-8-12(27)2)16(28)25-14-5-3-13(4-6-14)23-9-18(19,20)21/h7-8,10,13-14,23H,3-6,9H2,1-2H3,(H,25,28). The molecule has 1 saturated carbocycles. The summed E-state index contributed by atoms with van der Waals surface area (Å²) in [5.41, 5.74) is 1.76. The molecule has 3 rings (SSSR count). The van der Waals surface area contributed by atoms with E-state index < -0.39 is 12.7 Å². The van der Waals surface area contributed by atoms with Gasteiger partial charge in [-0.3, -0.25) is 9.36 Å². The Balaban J connectivity index is 1.59. The molecular weight excluding hydrogens is 373 g/mol. The third-order valence-electron chi connectivity index (χ3n) is 4.77. The summed E-state index contributed by atoms with van der Waals surface area (Å²) >= 11 is 0. The summed E-state index contributed by atoms with van der Waals surface area (Å²) in [4.78, 5) is 25.3. The molecule has 0 saturated heterocycles. The number of imidazole rings is 1. The van der Waals surface area contributed by atoms with Crippen molar-refractivity contribution in [2.75, 3.05) is 6.54 Å². The number of aryl methyl sites for hydroxylation is 2. The minimum atomic E-state index is -4.21. The molecule has 1 aliphatic rings. The molecule has 0 bridgehead atoms. The molecule has 0 aliphatic heterocycles. The lowest BCUT2D eigenvalue weighted by Crippen LogP contribution is -2.44. The summed E-state index contributed by atoms with van der Waals surface area (Å²) in [6.07, 6.45) is 1.48. The van der Waals surface area contributed by atoms with E-state index in [-0.39, 0.29) is 23.7 Å². The van der Waals surface area contributed by atoms with Crippen LogP contribution in [-0.2, 0) is 0 Å². The van der Waals surface area contributed by atoms with Crippen LogP contribution in [0.25, 0.3) is 5.95 Å². The fourth-order valence-corrected chi connectivity index (χ4v) is 3.31. The summed E-state index contributed by atoms with van der Waals surface area (Å²) in [6, 6.07) is 1.36. The van der Waals surface area contributed by atoms with Gasteiger partial charge in [0, 0.05) is 29.7 Å². The van der Waals surface area contributed by atoms with Gasteiger partial charge >= 0.3 is 6.18 Å². The van der Waals surface area contributed by atoms with E-state index in [9.17, 15) is 18.0 Å². The number of hydrogen-bond donors (Lipinski definition) is 2. The Morgan fingerprint density at radius 3 is 2.46 bits per heavy atom. The molecule has 0 radical (unpaired) electrons. The van der Waals surface area contributed by atoms with Crippen LogP contribution in [-0.4, -0.2) is 50.2 Å². The van der Waals surface area contributed by atoms with Gasteiger partial charge in [-0.25, -0.2) is 15.0 Å². The molecule has 1 aliphatic carbocycles. The van der Waals surface area contributed by atoms with Crippen LogP contribution in [0.15, 0.2) is 18.6 Å². The lowest BCUT2D eigenvalue weighted by Gasteiger charge is -2.30. The fourth-order valence-electron chi connectivity index (χ4n) is 3.31. The van der Waals surface area contributed by atoms with Crippen molar-refractivity contribution in [3.63, 3.8) is 0 Å². The number of carbonyl (C=O) groups is 1. The van der Waals surface area contributed by atoms with Gasteiger partial charge in [0.15, 0.2) is 0 Å². The van der Waals surface area contributed by atoms with Crippen LogP contribution >= 0.6 is 0 Å². The summed E-state index contributed by atoms with van der Waals surface area (Å²) in [5.74, 6) is 0.0661. The number of alkyl halides is 3. The van der Waals surface area contributed by atoms with Crippen molar-refractivity contribution < 1.29 is 18.0 Å². The van der Waals surface area contributed by atoms with Crippen LogP contribution in [0.1, 0.15) is 47.6 Å².